The molecule has 1 amide bonds. The summed E-state index contributed by atoms with van der Waals surface area (Å²) in [5, 5.41) is 5.31. The van der Waals surface area contributed by atoms with Gasteiger partial charge in [-0.25, -0.2) is 0 Å². The second-order valence-electron chi connectivity index (χ2n) is 7.89. The van der Waals surface area contributed by atoms with Gasteiger partial charge in [-0.3, -0.25) is 4.79 Å². The molecule has 3 aromatic rings. The molecular weight excluding hydrogens is 366 g/mol. The summed E-state index contributed by atoms with van der Waals surface area (Å²) in [5.41, 5.74) is 0.556. The monoisotopic (exact) mass is 391 g/mol. The van der Waals surface area contributed by atoms with Gasteiger partial charge in [-0.15, -0.1) is 0 Å². The van der Waals surface area contributed by atoms with Gasteiger partial charge in [-0.2, -0.15) is 0 Å². The summed E-state index contributed by atoms with van der Waals surface area (Å²) in [6, 6.07) is 19.4. The van der Waals surface area contributed by atoms with E-state index in [2.05, 4.69) is 5.32 Å². The van der Waals surface area contributed by atoms with E-state index in [1.165, 1.54) is 0 Å². The maximum atomic E-state index is 12.6. The van der Waals surface area contributed by atoms with Crippen LogP contribution in [0.25, 0.3) is 10.8 Å². The first-order valence-corrected chi connectivity index (χ1v) is 9.71. The Labute approximate surface area is 170 Å². The van der Waals surface area contributed by atoms with Crippen LogP contribution >= 0.6 is 0 Å². The zero-order valence-corrected chi connectivity index (χ0v) is 16.9. The van der Waals surface area contributed by atoms with Crippen LogP contribution in [0.4, 0.5) is 0 Å². The van der Waals surface area contributed by atoms with Gasteiger partial charge in [0, 0.05) is 18.1 Å². The van der Waals surface area contributed by atoms with E-state index in [1.54, 1.807) is 7.11 Å². The van der Waals surface area contributed by atoms with Crippen molar-refractivity contribution in [3.63, 3.8) is 0 Å². The zero-order valence-electron chi connectivity index (χ0n) is 16.9. The molecule has 0 radical (unpaired) electrons. The van der Waals surface area contributed by atoms with Crippen molar-refractivity contribution in [3.8, 4) is 17.2 Å². The minimum atomic E-state index is -0.392. The summed E-state index contributed by atoms with van der Waals surface area (Å²) in [6.07, 6.45) is 0.675. The van der Waals surface area contributed by atoms with Crippen molar-refractivity contribution in [1.29, 1.82) is 0 Å². The molecule has 0 bridgehead atoms. The molecule has 0 unspecified atom stereocenters. The average molecular weight is 391 g/mol. The number of nitrogens with one attached hydrogen (secondary N) is 1. The highest BCUT2D eigenvalue weighted by Gasteiger charge is 2.34. The molecule has 5 nitrogen and oxygen atoms in total. The van der Waals surface area contributed by atoms with Gasteiger partial charge < -0.3 is 19.5 Å². The number of methoxy groups -OCH3 is 1. The van der Waals surface area contributed by atoms with Crippen LogP contribution in [0.3, 0.4) is 0 Å². The summed E-state index contributed by atoms with van der Waals surface area (Å²) in [6.45, 7) is 3.99. The third-order valence-corrected chi connectivity index (χ3v) is 5.10. The molecular formula is C24H25NO4. The first-order chi connectivity index (χ1) is 13.9. The third kappa shape index (κ3) is 4.29. The van der Waals surface area contributed by atoms with Crippen LogP contribution in [0.15, 0.2) is 60.7 Å². The molecule has 1 atom stereocenters. The summed E-state index contributed by atoms with van der Waals surface area (Å²) in [7, 11) is 1.62. The van der Waals surface area contributed by atoms with E-state index < -0.39 is 5.60 Å². The zero-order chi connectivity index (χ0) is 20.4. The van der Waals surface area contributed by atoms with Gasteiger partial charge in [-0.05, 0) is 48.9 Å². The average Bonchev–Trinajstić information content (AvgIpc) is 2.70. The lowest BCUT2D eigenvalue weighted by Gasteiger charge is -2.38. The van der Waals surface area contributed by atoms with Gasteiger partial charge in [0.25, 0.3) is 5.91 Å². The standard InChI is InChI=1S/C24H25NO4/c1-24(2)14-21(20-11-10-18(27-3)13-22(20)29-24)25-23(26)15-28-19-9-8-16-6-4-5-7-17(16)12-19/h4-13,21H,14-15H2,1-3H3,(H,25,26)/t21-/m1/s1. The van der Waals surface area contributed by atoms with Gasteiger partial charge in [0.2, 0.25) is 0 Å². The van der Waals surface area contributed by atoms with E-state index in [4.69, 9.17) is 14.2 Å². The van der Waals surface area contributed by atoms with Crippen LogP contribution in [0, 0.1) is 0 Å². The van der Waals surface area contributed by atoms with Crippen molar-refractivity contribution < 1.29 is 19.0 Å². The van der Waals surface area contributed by atoms with E-state index in [0.717, 1.165) is 27.8 Å². The normalized spacial score (nSPS) is 17.1. The topological polar surface area (TPSA) is 56.8 Å². The van der Waals surface area contributed by atoms with Gasteiger partial charge in [0.1, 0.15) is 22.8 Å². The first-order valence-electron chi connectivity index (χ1n) is 9.71. The minimum Gasteiger partial charge on any atom is -0.497 e. The fourth-order valence-electron chi connectivity index (χ4n) is 3.73. The molecule has 0 saturated heterocycles. The van der Waals surface area contributed by atoms with E-state index in [-0.39, 0.29) is 18.6 Å². The Morgan fingerprint density at radius 2 is 1.83 bits per heavy atom. The molecule has 0 saturated carbocycles. The summed E-state index contributed by atoms with van der Waals surface area (Å²) >= 11 is 0. The predicted octanol–water partition coefficient (Wildman–Crippen LogP) is 4.65. The Balaban J connectivity index is 1.45. The number of benzene rings is 3. The number of fused-ring (bicyclic) bond motifs is 2. The Kier molecular flexibility index (Phi) is 5.05. The molecule has 5 heteroatoms. The lowest BCUT2D eigenvalue weighted by molar-refractivity contribution is -0.124. The van der Waals surface area contributed by atoms with Gasteiger partial charge in [0.15, 0.2) is 6.61 Å². The summed E-state index contributed by atoms with van der Waals surface area (Å²) in [4.78, 5) is 12.6. The number of amides is 1. The van der Waals surface area contributed by atoms with Crippen LogP contribution in [0.1, 0.15) is 31.9 Å². The molecule has 1 aliphatic rings. The predicted molar refractivity (Wildman–Crippen MR) is 113 cm³/mol. The highest BCUT2D eigenvalue weighted by atomic mass is 16.5. The maximum absolute atomic E-state index is 12.6. The molecule has 150 valence electrons. The van der Waals surface area contributed by atoms with Gasteiger partial charge in [-0.1, -0.05) is 30.3 Å². The molecule has 4 rings (SSSR count). The quantitative estimate of drug-likeness (QED) is 0.688. The second-order valence-corrected chi connectivity index (χ2v) is 7.89. The maximum Gasteiger partial charge on any atom is 0.258 e. The van der Waals surface area contributed by atoms with Gasteiger partial charge >= 0.3 is 0 Å². The summed E-state index contributed by atoms with van der Waals surface area (Å²) < 4.78 is 17.1. The van der Waals surface area contributed by atoms with Crippen molar-refractivity contribution in [2.45, 2.75) is 31.9 Å². The molecule has 0 aromatic heterocycles. The van der Waals surface area contributed by atoms with Crippen molar-refractivity contribution in [2.24, 2.45) is 0 Å². The van der Waals surface area contributed by atoms with E-state index >= 15 is 0 Å². The number of rotatable bonds is 5. The van der Waals surface area contributed by atoms with Gasteiger partial charge in [0.05, 0.1) is 13.2 Å². The van der Waals surface area contributed by atoms with E-state index in [1.807, 2.05) is 74.5 Å². The SMILES string of the molecule is COc1ccc2c(c1)OC(C)(C)C[C@H]2NC(=O)COc1ccc2ccccc2c1. The van der Waals surface area contributed by atoms with Crippen LogP contribution in [-0.2, 0) is 4.79 Å². The molecule has 1 heterocycles. The van der Waals surface area contributed by atoms with Crippen LogP contribution in [0.2, 0.25) is 0 Å². The van der Waals surface area contributed by atoms with Crippen LogP contribution < -0.4 is 19.5 Å². The van der Waals surface area contributed by atoms with Crippen molar-refractivity contribution >= 4 is 16.7 Å². The summed E-state index contributed by atoms with van der Waals surface area (Å²) in [5.74, 6) is 1.98. The molecule has 0 spiro atoms. The Morgan fingerprint density at radius 1 is 1.07 bits per heavy atom. The fraction of sp³-hybridized carbons (Fsp3) is 0.292. The lowest BCUT2D eigenvalue weighted by atomic mass is 9.89. The third-order valence-electron chi connectivity index (χ3n) is 5.10. The molecule has 29 heavy (non-hydrogen) atoms. The lowest BCUT2D eigenvalue weighted by Crippen LogP contribution is -2.42. The largest absolute Gasteiger partial charge is 0.497 e. The van der Waals surface area contributed by atoms with Crippen LogP contribution in [-0.4, -0.2) is 25.2 Å². The highest BCUT2D eigenvalue weighted by molar-refractivity contribution is 5.84. The minimum absolute atomic E-state index is 0.0401. The van der Waals surface area contributed by atoms with Crippen molar-refractivity contribution in [3.05, 3.63) is 66.2 Å². The van der Waals surface area contributed by atoms with E-state index in [9.17, 15) is 4.79 Å². The highest BCUT2D eigenvalue weighted by Crippen LogP contribution is 2.41. The Morgan fingerprint density at radius 3 is 2.62 bits per heavy atom. The number of carbonyl (C=O) groups is 1. The first kappa shape index (κ1) is 19.1. The smallest absolute Gasteiger partial charge is 0.258 e. The van der Waals surface area contributed by atoms with Crippen molar-refractivity contribution in [1.82, 2.24) is 5.32 Å². The number of ether oxygens (including phenoxy) is 3. The number of hydrogen-bond acceptors (Lipinski definition) is 4. The number of hydrogen-bond donors (Lipinski definition) is 1. The second kappa shape index (κ2) is 7.66. The van der Waals surface area contributed by atoms with E-state index in [0.29, 0.717) is 12.2 Å². The van der Waals surface area contributed by atoms with Crippen molar-refractivity contribution in [2.75, 3.05) is 13.7 Å². The fourth-order valence-corrected chi connectivity index (χ4v) is 3.73. The Hall–Kier alpha value is -3.21. The number of carbonyl (C=O) groups excluding carboxylic acids is 1. The van der Waals surface area contributed by atoms with Crippen LogP contribution in [0.5, 0.6) is 17.2 Å². The molecule has 0 fully saturated rings. The Bertz CT molecular complexity index is 1040. The molecule has 1 aliphatic heterocycles. The molecule has 1 N–H and O–H groups in total. The molecule has 0 aliphatic carbocycles. The molecule has 3 aromatic carbocycles.